The number of fused-ring (bicyclic) bond motifs is 1. The van der Waals surface area contributed by atoms with E-state index >= 15 is 0 Å². The molecule has 1 fully saturated rings. The molecule has 5 rings (SSSR count). The molecule has 1 saturated heterocycles. The first-order valence-electron chi connectivity index (χ1n) is 12.5. The minimum absolute atomic E-state index is 0.219. The van der Waals surface area contributed by atoms with E-state index in [2.05, 4.69) is 39.5 Å². The van der Waals surface area contributed by atoms with E-state index in [1.54, 1.807) is 24.3 Å². The lowest BCUT2D eigenvalue weighted by Gasteiger charge is -2.35. The molecule has 0 saturated carbocycles. The second kappa shape index (κ2) is 10.4. The van der Waals surface area contributed by atoms with Crippen molar-refractivity contribution in [2.45, 2.75) is 26.4 Å². The molecule has 1 atom stereocenters. The summed E-state index contributed by atoms with van der Waals surface area (Å²) in [5.41, 5.74) is 5.04. The van der Waals surface area contributed by atoms with Crippen molar-refractivity contribution >= 4 is 28.9 Å². The minimum Gasteiger partial charge on any atom is -0.480 e. The third-order valence-corrected chi connectivity index (χ3v) is 6.97. The molecule has 3 aromatic carbocycles. The first kappa shape index (κ1) is 23.9. The van der Waals surface area contributed by atoms with Gasteiger partial charge in [-0.15, -0.1) is 0 Å². The molecule has 186 valence electrons. The third-order valence-electron chi connectivity index (χ3n) is 6.97. The summed E-state index contributed by atoms with van der Waals surface area (Å²) in [5.74, 6) is 0.299. The Morgan fingerprint density at radius 3 is 2.50 bits per heavy atom. The van der Waals surface area contributed by atoms with E-state index in [1.807, 2.05) is 37.3 Å². The summed E-state index contributed by atoms with van der Waals surface area (Å²) < 4.78 is 5.78. The highest BCUT2D eigenvalue weighted by Gasteiger charge is 2.29. The molecule has 2 amide bonds. The Morgan fingerprint density at radius 2 is 1.75 bits per heavy atom. The van der Waals surface area contributed by atoms with Crippen molar-refractivity contribution < 1.29 is 14.3 Å². The maximum absolute atomic E-state index is 13.0. The zero-order chi connectivity index (χ0) is 25.1. The lowest BCUT2D eigenvalue weighted by molar-refractivity contribution is -0.122. The van der Waals surface area contributed by atoms with Gasteiger partial charge in [-0.3, -0.25) is 9.59 Å². The number of ether oxygens (including phenoxy) is 1. The second-order valence-electron chi connectivity index (χ2n) is 9.36. The summed E-state index contributed by atoms with van der Waals surface area (Å²) in [6.45, 7) is 9.46. The van der Waals surface area contributed by atoms with Crippen LogP contribution in [0.5, 0.6) is 5.75 Å². The highest BCUT2D eigenvalue weighted by atomic mass is 16.5. The molecule has 0 bridgehead atoms. The largest absolute Gasteiger partial charge is 0.480 e. The zero-order valence-corrected chi connectivity index (χ0v) is 20.8. The number of benzene rings is 3. The van der Waals surface area contributed by atoms with Crippen LogP contribution in [0.15, 0.2) is 66.7 Å². The van der Waals surface area contributed by atoms with E-state index in [-0.39, 0.29) is 11.8 Å². The molecule has 2 N–H and O–H groups in total. The number of hydrogen-bond donors (Lipinski definition) is 2. The van der Waals surface area contributed by atoms with Crippen LogP contribution in [0.1, 0.15) is 28.4 Å². The van der Waals surface area contributed by atoms with Crippen molar-refractivity contribution in [3.8, 4) is 5.75 Å². The SMILES string of the molecule is CCN1CCN(c2ccc(NC(=O)c3cccc(NC(=O)C4Cc5ccccc5O4)c3)c(C)c2)CC1. The number of nitrogens with one attached hydrogen (secondary N) is 2. The first-order chi connectivity index (χ1) is 17.5. The Morgan fingerprint density at radius 1 is 0.944 bits per heavy atom. The molecule has 0 radical (unpaired) electrons. The number of aryl methyl sites for hydroxylation is 1. The maximum Gasteiger partial charge on any atom is 0.265 e. The summed E-state index contributed by atoms with van der Waals surface area (Å²) in [7, 11) is 0. The molecule has 0 aromatic heterocycles. The Balaban J connectivity index is 1.20. The molecule has 2 heterocycles. The van der Waals surface area contributed by atoms with Crippen LogP contribution >= 0.6 is 0 Å². The predicted octanol–water partition coefficient (Wildman–Crippen LogP) is 4.33. The average Bonchev–Trinajstić information content (AvgIpc) is 3.35. The van der Waals surface area contributed by atoms with Crippen molar-refractivity contribution in [2.75, 3.05) is 48.3 Å². The van der Waals surface area contributed by atoms with Crippen molar-refractivity contribution in [1.29, 1.82) is 0 Å². The average molecular weight is 485 g/mol. The van der Waals surface area contributed by atoms with Gasteiger partial charge in [0, 0.05) is 55.2 Å². The monoisotopic (exact) mass is 484 g/mol. The lowest BCUT2D eigenvalue weighted by atomic mass is 10.1. The van der Waals surface area contributed by atoms with E-state index < -0.39 is 6.10 Å². The molecule has 2 aliphatic heterocycles. The Hall–Kier alpha value is -3.84. The van der Waals surface area contributed by atoms with Gasteiger partial charge in [-0.05, 0) is 67.1 Å². The van der Waals surface area contributed by atoms with Gasteiger partial charge in [0.2, 0.25) is 0 Å². The van der Waals surface area contributed by atoms with Crippen LogP contribution in [0.3, 0.4) is 0 Å². The van der Waals surface area contributed by atoms with E-state index in [9.17, 15) is 9.59 Å². The van der Waals surface area contributed by atoms with Gasteiger partial charge in [0.15, 0.2) is 6.10 Å². The van der Waals surface area contributed by atoms with Crippen LogP contribution in [-0.4, -0.2) is 55.5 Å². The highest BCUT2D eigenvalue weighted by molar-refractivity contribution is 6.06. The molecule has 7 heteroatoms. The number of piperazine rings is 1. The van der Waals surface area contributed by atoms with Gasteiger partial charge < -0.3 is 25.2 Å². The van der Waals surface area contributed by atoms with Crippen LogP contribution in [-0.2, 0) is 11.2 Å². The molecule has 0 aliphatic carbocycles. The number of nitrogens with zero attached hydrogens (tertiary/aromatic N) is 2. The highest BCUT2D eigenvalue weighted by Crippen LogP contribution is 2.29. The van der Waals surface area contributed by atoms with Gasteiger partial charge in [0.1, 0.15) is 5.75 Å². The summed E-state index contributed by atoms with van der Waals surface area (Å²) in [6.07, 6.45) is -0.0443. The normalized spacial score (nSPS) is 17.3. The number of anilines is 3. The van der Waals surface area contributed by atoms with Gasteiger partial charge >= 0.3 is 0 Å². The van der Waals surface area contributed by atoms with Crippen molar-refractivity contribution in [1.82, 2.24) is 4.90 Å². The molecule has 7 nitrogen and oxygen atoms in total. The van der Waals surface area contributed by atoms with Crippen LogP contribution in [0.25, 0.3) is 0 Å². The fourth-order valence-electron chi connectivity index (χ4n) is 4.79. The molecular formula is C29H32N4O3. The summed E-state index contributed by atoms with van der Waals surface area (Å²) >= 11 is 0. The van der Waals surface area contributed by atoms with Gasteiger partial charge in [-0.1, -0.05) is 31.2 Å². The summed E-state index contributed by atoms with van der Waals surface area (Å²) in [6, 6.07) is 20.8. The van der Waals surface area contributed by atoms with E-state index in [0.29, 0.717) is 17.7 Å². The number of carbonyl (C=O) groups excluding carboxylic acids is 2. The zero-order valence-electron chi connectivity index (χ0n) is 20.8. The number of carbonyl (C=O) groups is 2. The van der Waals surface area contributed by atoms with Crippen molar-refractivity contribution in [2.24, 2.45) is 0 Å². The summed E-state index contributed by atoms with van der Waals surface area (Å²) in [5, 5.41) is 5.90. The number of hydrogen-bond acceptors (Lipinski definition) is 5. The number of rotatable bonds is 6. The van der Waals surface area contributed by atoms with Crippen LogP contribution < -0.4 is 20.3 Å². The van der Waals surface area contributed by atoms with E-state index in [0.717, 1.165) is 55.3 Å². The lowest BCUT2D eigenvalue weighted by Crippen LogP contribution is -2.46. The van der Waals surface area contributed by atoms with Gasteiger partial charge in [-0.2, -0.15) is 0 Å². The van der Waals surface area contributed by atoms with Crippen molar-refractivity contribution in [3.63, 3.8) is 0 Å². The fraction of sp³-hybridized carbons (Fsp3) is 0.310. The van der Waals surface area contributed by atoms with Crippen LogP contribution in [0, 0.1) is 6.92 Å². The molecule has 3 aromatic rings. The Labute approximate surface area is 212 Å². The Kier molecular flexibility index (Phi) is 6.91. The minimum atomic E-state index is -0.578. The molecule has 2 aliphatic rings. The molecule has 36 heavy (non-hydrogen) atoms. The van der Waals surface area contributed by atoms with Gasteiger partial charge in [0.05, 0.1) is 0 Å². The first-order valence-corrected chi connectivity index (χ1v) is 12.5. The van der Waals surface area contributed by atoms with E-state index in [1.165, 1.54) is 5.69 Å². The number of para-hydroxylation sites is 1. The quantitative estimate of drug-likeness (QED) is 0.545. The van der Waals surface area contributed by atoms with Crippen molar-refractivity contribution in [3.05, 3.63) is 83.4 Å². The van der Waals surface area contributed by atoms with Crippen LogP contribution in [0.2, 0.25) is 0 Å². The number of amides is 2. The molecular weight excluding hydrogens is 452 g/mol. The molecule has 0 spiro atoms. The predicted molar refractivity (Wildman–Crippen MR) is 143 cm³/mol. The molecule has 1 unspecified atom stereocenters. The standard InChI is InChI=1S/C29H32N4O3/c1-3-32-13-15-33(16-14-32)24-11-12-25(20(2)17-24)31-28(34)22-8-6-9-23(18-22)30-29(35)27-19-21-7-4-5-10-26(21)36-27/h4-12,17-18,27H,3,13-16,19H2,1-2H3,(H,30,35)(H,31,34). The Bertz CT molecular complexity index is 1240. The maximum atomic E-state index is 13.0. The van der Waals surface area contributed by atoms with Gasteiger partial charge in [-0.25, -0.2) is 0 Å². The third kappa shape index (κ3) is 5.21. The fourth-order valence-corrected chi connectivity index (χ4v) is 4.79. The topological polar surface area (TPSA) is 73.9 Å². The van der Waals surface area contributed by atoms with E-state index in [4.69, 9.17) is 4.74 Å². The smallest absolute Gasteiger partial charge is 0.265 e. The second-order valence-corrected chi connectivity index (χ2v) is 9.36. The number of likely N-dealkylation sites (N-methyl/N-ethyl adjacent to an activating group) is 1. The van der Waals surface area contributed by atoms with Crippen LogP contribution in [0.4, 0.5) is 17.1 Å². The van der Waals surface area contributed by atoms with Gasteiger partial charge in [0.25, 0.3) is 11.8 Å². The summed E-state index contributed by atoms with van der Waals surface area (Å²) in [4.78, 5) is 30.6.